The van der Waals surface area contributed by atoms with Gasteiger partial charge in [0.1, 0.15) is 0 Å². The summed E-state index contributed by atoms with van der Waals surface area (Å²) in [6.07, 6.45) is 58.7. The topological polar surface area (TPSA) is 77.4 Å². The van der Waals surface area contributed by atoms with Crippen molar-refractivity contribution in [2.24, 2.45) is 0 Å². The molecule has 1 N–H and O–H groups in total. The number of quaternary nitrogens is 1. The molecule has 0 unspecified atom stereocenters. The number of carboxylic acid groups (broad SMARTS) is 2. The SMILES string of the molecule is CCCCCCCCCCCC[N+](CCCCCCCCCCCC)(CCCCCCCCCCCC)CCCCCCCCCCCC.O=C([O-])c1ccccc1Sc1ccccc1C(=O)O. The van der Waals surface area contributed by atoms with Crippen LogP contribution in [0.4, 0.5) is 0 Å². The Labute approximate surface area is 426 Å². The number of hydrogen-bond donors (Lipinski definition) is 1. The van der Waals surface area contributed by atoms with Gasteiger partial charge in [-0.25, -0.2) is 4.79 Å². The molecule has 0 aliphatic rings. The van der Waals surface area contributed by atoms with Gasteiger partial charge in [0.25, 0.3) is 0 Å². The highest BCUT2D eigenvalue weighted by Crippen LogP contribution is 2.33. The second kappa shape index (κ2) is 47.0. The van der Waals surface area contributed by atoms with Crippen molar-refractivity contribution in [3.05, 3.63) is 59.7 Å². The van der Waals surface area contributed by atoms with E-state index in [1.807, 2.05) is 0 Å². The van der Waals surface area contributed by atoms with E-state index in [-0.39, 0.29) is 11.1 Å². The second-order valence-corrected chi connectivity index (χ2v) is 21.7. The summed E-state index contributed by atoms with van der Waals surface area (Å²) in [6, 6.07) is 12.8. The van der Waals surface area contributed by atoms with Crippen LogP contribution in [0.2, 0.25) is 0 Å². The number of hydrogen-bond acceptors (Lipinski definition) is 4. The van der Waals surface area contributed by atoms with Crippen molar-refractivity contribution < 1.29 is 24.3 Å². The first-order valence-corrected chi connectivity index (χ1v) is 30.3. The standard InChI is InChI=1S/C48H100N.C14H10O4S/c1-5-9-13-17-21-25-29-33-37-41-45-49(46-42-38-34-30-26-22-18-14-10-6-2,47-43-39-35-31-27-23-19-15-11-7-3)48-44-40-36-32-28-24-20-16-12-8-4;15-13(16)9-5-1-3-7-11(9)19-12-8-4-2-6-10(12)14(17)18/h5-48H2,1-4H3;1-8H,(H,15,16)(H,17,18)/q+1;/p-1. The molecule has 0 radical (unpaired) electrons. The Balaban J connectivity index is 0.000000998. The predicted molar refractivity (Wildman–Crippen MR) is 295 cm³/mol. The molecule has 2 rings (SSSR count). The van der Waals surface area contributed by atoms with Crippen LogP contribution in [0, 0.1) is 0 Å². The van der Waals surface area contributed by atoms with Gasteiger partial charge in [-0.1, -0.05) is 275 Å². The second-order valence-electron chi connectivity index (χ2n) is 20.7. The lowest BCUT2D eigenvalue weighted by molar-refractivity contribution is -0.929. The highest BCUT2D eigenvalue weighted by Gasteiger charge is 2.26. The van der Waals surface area contributed by atoms with Crippen LogP contribution in [0.15, 0.2) is 58.3 Å². The van der Waals surface area contributed by atoms with E-state index in [0.29, 0.717) is 9.79 Å². The molecule has 0 atom stereocenters. The summed E-state index contributed by atoms with van der Waals surface area (Å²) in [7, 11) is 0. The van der Waals surface area contributed by atoms with Crippen LogP contribution in [0.1, 0.15) is 305 Å². The highest BCUT2D eigenvalue weighted by molar-refractivity contribution is 7.99. The Bertz CT molecular complexity index is 1270. The minimum atomic E-state index is -1.28. The quantitative estimate of drug-likeness (QED) is 0.0528. The smallest absolute Gasteiger partial charge is 0.336 e. The largest absolute Gasteiger partial charge is 0.545 e. The maximum absolute atomic E-state index is 11.1. The fourth-order valence-corrected chi connectivity index (χ4v) is 11.0. The Morgan fingerprint density at radius 1 is 0.368 bits per heavy atom. The molecule has 5 nitrogen and oxygen atoms in total. The average molecular weight is 965 g/mol. The summed E-state index contributed by atoms with van der Waals surface area (Å²) in [5.74, 6) is -2.33. The van der Waals surface area contributed by atoms with Crippen LogP contribution in [0.3, 0.4) is 0 Å². The molecule has 2 aromatic carbocycles. The van der Waals surface area contributed by atoms with Crippen molar-refractivity contribution in [1.82, 2.24) is 0 Å². The third-order valence-corrected chi connectivity index (χ3v) is 15.5. The van der Waals surface area contributed by atoms with Crippen molar-refractivity contribution in [3.8, 4) is 0 Å². The predicted octanol–water partition coefficient (Wildman–Crippen LogP) is 19.4. The van der Waals surface area contributed by atoms with Gasteiger partial charge in [-0.05, 0) is 69.6 Å². The first kappa shape index (κ1) is 63.7. The van der Waals surface area contributed by atoms with E-state index < -0.39 is 11.9 Å². The third kappa shape index (κ3) is 35.7. The van der Waals surface area contributed by atoms with Crippen LogP contribution in [-0.4, -0.2) is 47.7 Å². The lowest BCUT2D eigenvalue weighted by Gasteiger charge is -2.40. The summed E-state index contributed by atoms with van der Waals surface area (Å²) in [5, 5.41) is 20.1. The van der Waals surface area contributed by atoms with Gasteiger partial charge >= 0.3 is 5.97 Å². The highest BCUT2D eigenvalue weighted by atomic mass is 32.2. The monoisotopic (exact) mass is 964 g/mol. The molecule has 68 heavy (non-hydrogen) atoms. The molecule has 0 amide bonds. The van der Waals surface area contributed by atoms with Crippen LogP contribution in [-0.2, 0) is 0 Å². The van der Waals surface area contributed by atoms with Crippen molar-refractivity contribution in [3.63, 3.8) is 0 Å². The summed E-state index contributed by atoms with van der Waals surface area (Å²) in [4.78, 5) is 23.0. The molecule has 0 spiro atoms. The molecule has 0 fully saturated rings. The van der Waals surface area contributed by atoms with E-state index in [9.17, 15) is 14.7 Å². The van der Waals surface area contributed by atoms with Crippen LogP contribution in [0.5, 0.6) is 0 Å². The maximum Gasteiger partial charge on any atom is 0.336 e. The zero-order valence-corrected chi connectivity index (χ0v) is 46.1. The number of benzene rings is 2. The van der Waals surface area contributed by atoms with Gasteiger partial charge in [0.15, 0.2) is 0 Å². The van der Waals surface area contributed by atoms with E-state index in [4.69, 9.17) is 5.11 Å². The molecule has 2 aromatic rings. The van der Waals surface area contributed by atoms with Gasteiger partial charge in [-0.2, -0.15) is 0 Å². The molecule has 6 heteroatoms. The summed E-state index contributed by atoms with van der Waals surface area (Å²) >= 11 is 1.10. The molecule has 392 valence electrons. The zero-order chi connectivity index (χ0) is 49.4. The first-order chi connectivity index (χ1) is 33.3. The lowest BCUT2D eigenvalue weighted by Crippen LogP contribution is -2.50. The lowest BCUT2D eigenvalue weighted by atomic mass is 10.0. The minimum absolute atomic E-state index is 0.0488. The maximum atomic E-state index is 11.1. The normalized spacial score (nSPS) is 11.5. The van der Waals surface area contributed by atoms with Gasteiger partial charge in [-0.15, -0.1) is 0 Å². The summed E-state index contributed by atoms with van der Waals surface area (Å²) in [6.45, 7) is 15.3. The fourth-order valence-electron chi connectivity index (χ4n) is 9.98. The summed E-state index contributed by atoms with van der Waals surface area (Å²) < 4.78 is 1.49. The molecular formula is C62H109NO4S. The number of aromatic carboxylic acids is 2. The van der Waals surface area contributed by atoms with E-state index >= 15 is 0 Å². The van der Waals surface area contributed by atoms with Crippen LogP contribution < -0.4 is 5.11 Å². The zero-order valence-electron chi connectivity index (χ0n) is 45.3. The van der Waals surface area contributed by atoms with Gasteiger partial charge < -0.3 is 19.5 Å². The molecule has 0 aromatic heterocycles. The Hall–Kier alpha value is -2.31. The van der Waals surface area contributed by atoms with Crippen molar-refractivity contribution in [1.29, 1.82) is 0 Å². The summed E-state index contributed by atoms with van der Waals surface area (Å²) in [5.41, 5.74) is 0.188. The first-order valence-electron chi connectivity index (χ1n) is 29.5. The number of nitrogens with zero attached hydrogens (tertiary/aromatic N) is 1. The molecule has 0 aliphatic carbocycles. The Morgan fingerprint density at radius 3 is 0.838 bits per heavy atom. The van der Waals surface area contributed by atoms with Crippen molar-refractivity contribution in [2.45, 2.75) is 294 Å². The van der Waals surface area contributed by atoms with Gasteiger partial charge in [0.2, 0.25) is 0 Å². The Kier molecular flexibility index (Phi) is 44.1. The molecule has 0 heterocycles. The fraction of sp³-hybridized carbons (Fsp3) is 0.774. The number of unbranched alkanes of at least 4 members (excludes halogenated alkanes) is 36. The number of carbonyl (C=O) groups is 2. The molecule has 0 saturated carbocycles. The number of carbonyl (C=O) groups excluding carboxylic acids is 1. The Morgan fingerprint density at radius 2 is 0.588 bits per heavy atom. The average Bonchev–Trinajstić information content (AvgIpc) is 3.34. The van der Waals surface area contributed by atoms with Gasteiger partial charge in [0, 0.05) is 15.4 Å². The van der Waals surface area contributed by atoms with E-state index in [0.717, 1.165) is 11.8 Å². The molecule has 0 aliphatic heterocycles. The minimum Gasteiger partial charge on any atom is -0.545 e. The van der Waals surface area contributed by atoms with Gasteiger partial charge in [0.05, 0.1) is 37.7 Å². The van der Waals surface area contributed by atoms with Crippen molar-refractivity contribution in [2.75, 3.05) is 26.2 Å². The van der Waals surface area contributed by atoms with E-state index in [1.54, 1.807) is 36.4 Å². The van der Waals surface area contributed by atoms with Crippen molar-refractivity contribution >= 4 is 23.7 Å². The molecular weight excluding hydrogens is 855 g/mol. The molecule has 0 saturated heterocycles. The van der Waals surface area contributed by atoms with Gasteiger partial charge in [-0.3, -0.25) is 0 Å². The molecule has 0 bridgehead atoms. The van der Waals surface area contributed by atoms with Crippen LogP contribution >= 0.6 is 11.8 Å². The number of rotatable bonds is 48. The van der Waals surface area contributed by atoms with Crippen LogP contribution in [0.25, 0.3) is 0 Å². The van der Waals surface area contributed by atoms with E-state index in [1.165, 1.54) is 300 Å². The third-order valence-electron chi connectivity index (χ3n) is 14.4. The number of carboxylic acids is 2. The van der Waals surface area contributed by atoms with E-state index in [2.05, 4.69) is 27.7 Å².